The molecule has 0 amide bonds. The van der Waals surface area contributed by atoms with E-state index in [0.29, 0.717) is 5.71 Å². The summed E-state index contributed by atoms with van der Waals surface area (Å²) in [6.45, 7) is 9.24. The van der Waals surface area contributed by atoms with Crippen molar-refractivity contribution in [2.24, 2.45) is 10.6 Å². The number of rotatable bonds is 2. The number of carbonyl (C=O) groups is 1. The van der Waals surface area contributed by atoms with Gasteiger partial charge in [0.05, 0.1) is 11.1 Å². The quantitative estimate of drug-likeness (QED) is 0.446. The average Bonchev–Trinajstić information content (AvgIpc) is 2.25. The lowest BCUT2D eigenvalue weighted by Gasteiger charge is -2.13. The summed E-state index contributed by atoms with van der Waals surface area (Å²) in [6.07, 6.45) is 0. The van der Waals surface area contributed by atoms with Gasteiger partial charge < -0.3 is 4.84 Å². The molecule has 0 N–H and O–H groups in total. The Morgan fingerprint density at radius 3 is 2.18 bits per heavy atom. The van der Waals surface area contributed by atoms with Crippen LogP contribution in [0.2, 0.25) is 0 Å². The second-order valence-corrected chi connectivity index (χ2v) is 5.17. The van der Waals surface area contributed by atoms with Gasteiger partial charge in [-0.15, -0.1) is 0 Å². The van der Waals surface area contributed by atoms with E-state index >= 15 is 0 Å². The molecule has 0 saturated carbocycles. The summed E-state index contributed by atoms with van der Waals surface area (Å²) in [7, 11) is 0. The van der Waals surface area contributed by atoms with Gasteiger partial charge in [0, 0.05) is 0 Å². The summed E-state index contributed by atoms with van der Waals surface area (Å²) < 4.78 is 0. The van der Waals surface area contributed by atoms with Crippen molar-refractivity contribution in [2.75, 3.05) is 0 Å². The van der Waals surface area contributed by atoms with Gasteiger partial charge in [0.15, 0.2) is 0 Å². The molecule has 0 aliphatic carbocycles. The minimum atomic E-state index is -0.531. The number of hydrogen-bond acceptors (Lipinski definition) is 3. The second kappa shape index (κ2) is 5.13. The van der Waals surface area contributed by atoms with E-state index in [4.69, 9.17) is 4.84 Å². The Morgan fingerprint density at radius 2 is 1.71 bits per heavy atom. The maximum Gasteiger partial charge on any atom is 0.340 e. The van der Waals surface area contributed by atoms with Gasteiger partial charge in [0.1, 0.15) is 0 Å². The highest BCUT2D eigenvalue weighted by atomic mass is 16.7. The molecule has 1 aromatic rings. The third kappa shape index (κ3) is 4.02. The predicted molar refractivity (Wildman–Crippen MR) is 68.9 cm³/mol. The highest BCUT2D eigenvalue weighted by Crippen LogP contribution is 2.15. The van der Waals surface area contributed by atoms with E-state index in [1.807, 2.05) is 38.1 Å². The minimum absolute atomic E-state index is 0.330. The number of carbonyl (C=O) groups excluding carboxylic acids is 1. The Kier molecular flexibility index (Phi) is 4.05. The van der Waals surface area contributed by atoms with E-state index in [2.05, 4.69) is 5.16 Å². The highest BCUT2D eigenvalue weighted by molar-refractivity contribution is 5.98. The maximum absolute atomic E-state index is 11.5. The van der Waals surface area contributed by atoms with Gasteiger partial charge in [-0.2, -0.15) is 0 Å². The fourth-order valence-corrected chi connectivity index (χ4v) is 1.09. The number of nitrogens with zero attached hydrogens (tertiary/aromatic N) is 1. The molecule has 0 saturated heterocycles. The lowest BCUT2D eigenvalue weighted by Crippen LogP contribution is -2.21. The molecule has 0 aliphatic rings. The number of benzene rings is 1. The monoisotopic (exact) mass is 233 g/mol. The smallest absolute Gasteiger partial charge is 0.317 e. The van der Waals surface area contributed by atoms with Crippen LogP contribution in [0.15, 0.2) is 29.4 Å². The standard InChI is InChI=1S/C14H19NO2/c1-10-6-8-12(9-7-10)11(2)15-17-13(16)14(3,4)5/h6-9H,1-5H3/b15-11+. The zero-order valence-corrected chi connectivity index (χ0v) is 11.1. The van der Waals surface area contributed by atoms with Crippen molar-refractivity contribution in [1.82, 2.24) is 0 Å². The molecule has 0 atom stereocenters. The normalized spacial score (nSPS) is 12.4. The van der Waals surface area contributed by atoms with Gasteiger partial charge in [-0.05, 0) is 40.2 Å². The first kappa shape index (κ1) is 13.4. The van der Waals surface area contributed by atoms with Crippen LogP contribution in [0.4, 0.5) is 0 Å². The first-order chi connectivity index (χ1) is 7.80. The van der Waals surface area contributed by atoms with Crippen molar-refractivity contribution < 1.29 is 9.63 Å². The summed E-state index contributed by atoms with van der Waals surface area (Å²) in [4.78, 5) is 16.4. The highest BCUT2D eigenvalue weighted by Gasteiger charge is 2.23. The van der Waals surface area contributed by atoms with Crippen LogP contribution in [0.5, 0.6) is 0 Å². The molecule has 0 aliphatic heterocycles. The zero-order valence-electron chi connectivity index (χ0n) is 11.1. The third-order valence-corrected chi connectivity index (χ3v) is 2.35. The molecule has 0 aromatic heterocycles. The summed E-state index contributed by atoms with van der Waals surface area (Å²) >= 11 is 0. The van der Waals surface area contributed by atoms with E-state index in [-0.39, 0.29) is 5.97 Å². The van der Waals surface area contributed by atoms with E-state index in [9.17, 15) is 4.79 Å². The molecule has 0 unspecified atom stereocenters. The fraction of sp³-hybridized carbons (Fsp3) is 0.429. The summed E-state index contributed by atoms with van der Waals surface area (Å²) in [6, 6.07) is 7.91. The van der Waals surface area contributed by atoms with E-state index in [1.165, 1.54) is 5.56 Å². The zero-order chi connectivity index (χ0) is 13.1. The molecule has 1 aromatic carbocycles. The Hall–Kier alpha value is -1.64. The summed E-state index contributed by atoms with van der Waals surface area (Å²) in [5.41, 5.74) is 2.31. The van der Waals surface area contributed by atoms with Crippen LogP contribution in [0.1, 0.15) is 38.8 Å². The van der Waals surface area contributed by atoms with E-state index in [0.717, 1.165) is 5.56 Å². The van der Waals surface area contributed by atoms with Crippen molar-refractivity contribution in [3.8, 4) is 0 Å². The molecule has 3 heteroatoms. The van der Waals surface area contributed by atoms with E-state index in [1.54, 1.807) is 20.8 Å². The topological polar surface area (TPSA) is 38.7 Å². The van der Waals surface area contributed by atoms with E-state index < -0.39 is 5.41 Å². The molecular formula is C14H19NO2. The van der Waals surface area contributed by atoms with Crippen molar-refractivity contribution in [2.45, 2.75) is 34.6 Å². The van der Waals surface area contributed by atoms with Crippen LogP contribution in [0.25, 0.3) is 0 Å². The Labute approximate surface area is 102 Å². The molecule has 0 spiro atoms. The Bertz CT molecular complexity index is 425. The first-order valence-electron chi connectivity index (χ1n) is 5.64. The summed E-state index contributed by atoms with van der Waals surface area (Å²) in [5.74, 6) is -0.330. The number of aryl methyl sites for hydroxylation is 1. The second-order valence-electron chi connectivity index (χ2n) is 5.17. The molecule has 0 fully saturated rings. The van der Waals surface area contributed by atoms with Crippen molar-refractivity contribution in [3.63, 3.8) is 0 Å². The lowest BCUT2D eigenvalue weighted by atomic mass is 9.98. The van der Waals surface area contributed by atoms with Crippen LogP contribution < -0.4 is 0 Å². The van der Waals surface area contributed by atoms with Gasteiger partial charge in [-0.1, -0.05) is 35.0 Å². The minimum Gasteiger partial charge on any atom is -0.317 e. The van der Waals surface area contributed by atoms with Gasteiger partial charge in [-0.25, -0.2) is 4.79 Å². The van der Waals surface area contributed by atoms with Gasteiger partial charge in [0.2, 0.25) is 0 Å². The molecule has 0 radical (unpaired) electrons. The Morgan fingerprint density at radius 1 is 1.18 bits per heavy atom. The SMILES string of the molecule is C/C(=N\OC(=O)C(C)(C)C)c1ccc(C)cc1. The first-order valence-corrected chi connectivity index (χ1v) is 5.64. The third-order valence-electron chi connectivity index (χ3n) is 2.35. The van der Waals surface area contributed by atoms with Crippen molar-refractivity contribution in [1.29, 1.82) is 0 Å². The van der Waals surface area contributed by atoms with Crippen LogP contribution in [-0.4, -0.2) is 11.7 Å². The molecule has 3 nitrogen and oxygen atoms in total. The van der Waals surface area contributed by atoms with Crippen LogP contribution in [0, 0.1) is 12.3 Å². The fourth-order valence-electron chi connectivity index (χ4n) is 1.09. The molecule has 1 rings (SSSR count). The van der Waals surface area contributed by atoms with Crippen LogP contribution in [0.3, 0.4) is 0 Å². The molecule has 92 valence electrons. The van der Waals surface area contributed by atoms with Crippen LogP contribution in [-0.2, 0) is 9.63 Å². The number of oxime groups is 1. The van der Waals surface area contributed by atoms with Gasteiger partial charge in [0.25, 0.3) is 0 Å². The molecule has 0 heterocycles. The molecule has 0 bridgehead atoms. The lowest BCUT2D eigenvalue weighted by molar-refractivity contribution is -0.152. The van der Waals surface area contributed by atoms with Gasteiger partial charge >= 0.3 is 5.97 Å². The maximum atomic E-state index is 11.5. The number of hydrogen-bond donors (Lipinski definition) is 0. The Balaban J connectivity index is 2.74. The van der Waals surface area contributed by atoms with Gasteiger partial charge in [-0.3, -0.25) is 0 Å². The predicted octanol–water partition coefficient (Wildman–Crippen LogP) is 3.31. The molecule has 17 heavy (non-hydrogen) atoms. The van der Waals surface area contributed by atoms with Crippen molar-refractivity contribution in [3.05, 3.63) is 35.4 Å². The average molecular weight is 233 g/mol. The molecular weight excluding hydrogens is 214 g/mol. The van der Waals surface area contributed by atoms with Crippen molar-refractivity contribution >= 4 is 11.7 Å². The van der Waals surface area contributed by atoms with Crippen LogP contribution >= 0.6 is 0 Å². The largest absolute Gasteiger partial charge is 0.340 e. The summed E-state index contributed by atoms with van der Waals surface area (Å²) in [5, 5.41) is 3.86.